The second kappa shape index (κ2) is 9.12. The van der Waals surface area contributed by atoms with Crippen molar-refractivity contribution in [2.75, 3.05) is 26.4 Å². The van der Waals surface area contributed by atoms with E-state index in [1.807, 2.05) is 20.8 Å². The van der Waals surface area contributed by atoms with Crippen LogP contribution in [0.5, 0.6) is 0 Å². The van der Waals surface area contributed by atoms with Gasteiger partial charge in [-0.15, -0.1) is 0 Å². The van der Waals surface area contributed by atoms with Crippen LogP contribution >= 0.6 is 0 Å². The highest BCUT2D eigenvalue weighted by Gasteiger charge is 2.48. The second-order valence-corrected chi connectivity index (χ2v) is 6.46. The van der Waals surface area contributed by atoms with Crippen LogP contribution in [0.1, 0.15) is 40.5 Å². The van der Waals surface area contributed by atoms with Gasteiger partial charge >= 0.3 is 8.80 Å². The zero-order valence-corrected chi connectivity index (χ0v) is 12.0. The summed E-state index contributed by atoms with van der Waals surface area (Å²) in [5.74, 6) is 0. The molecule has 0 aromatic heterocycles. The lowest BCUT2D eigenvalue weighted by molar-refractivity contribution is 0.0514. The Balaban J connectivity index is 4.78. The van der Waals surface area contributed by atoms with E-state index in [0.717, 1.165) is 12.8 Å². The lowest BCUT2D eigenvalue weighted by Crippen LogP contribution is -2.51. The van der Waals surface area contributed by atoms with E-state index in [1.54, 1.807) is 0 Å². The number of rotatable bonds is 10. The van der Waals surface area contributed by atoms with Gasteiger partial charge in [0.05, 0.1) is 12.1 Å². The Hall–Kier alpha value is 0.0569. The number of hydrogen-bond acceptors (Lipinski definition) is 4. The molecule has 1 atom stereocenters. The van der Waals surface area contributed by atoms with Gasteiger partial charge in [-0.25, -0.2) is 0 Å². The smallest absolute Gasteiger partial charge is 0.396 e. The minimum Gasteiger partial charge on any atom is -0.396 e. The molecule has 0 aromatic carbocycles. The van der Waals surface area contributed by atoms with Gasteiger partial charge in [-0.2, -0.15) is 0 Å². The number of hydrogen-bond donors (Lipinski definition) is 1. The van der Waals surface area contributed by atoms with Crippen molar-refractivity contribution in [1.29, 1.82) is 0 Å². The summed E-state index contributed by atoms with van der Waals surface area (Å²) in [6.45, 7) is 9.64. The average Bonchev–Trinajstić information content (AvgIpc) is 2.26. The maximum Gasteiger partial charge on any atom is 0.506 e. The average molecular weight is 250 g/mol. The van der Waals surface area contributed by atoms with E-state index in [0.29, 0.717) is 19.8 Å². The van der Waals surface area contributed by atoms with Crippen molar-refractivity contribution in [3.63, 3.8) is 0 Å². The first-order valence-electron chi connectivity index (χ1n) is 6.23. The first-order valence-corrected chi connectivity index (χ1v) is 8.03. The van der Waals surface area contributed by atoms with Gasteiger partial charge in [0.2, 0.25) is 0 Å². The summed E-state index contributed by atoms with van der Waals surface area (Å²) in [7, 11) is -2.70. The van der Waals surface area contributed by atoms with Gasteiger partial charge in [0.25, 0.3) is 0 Å². The van der Waals surface area contributed by atoms with Crippen LogP contribution in [0.4, 0.5) is 0 Å². The first-order chi connectivity index (χ1) is 7.70. The summed E-state index contributed by atoms with van der Waals surface area (Å²) in [6.07, 6.45) is 1.87. The fourth-order valence-electron chi connectivity index (χ4n) is 1.81. The molecule has 0 aliphatic heterocycles. The molecule has 4 nitrogen and oxygen atoms in total. The van der Waals surface area contributed by atoms with Crippen LogP contribution in [-0.4, -0.2) is 40.3 Å². The minimum absolute atomic E-state index is 0.00245. The molecule has 98 valence electrons. The Kier molecular flexibility index (Phi) is 9.16. The Morgan fingerprint density at radius 2 is 1.38 bits per heavy atom. The van der Waals surface area contributed by atoms with Crippen LogP contribution < -0.4 is 0 Å². The highest BCUT2D eigenvalue weighted by atomic mass is 28.4. The van der Waals surface area contributed by atoms with Gasteiger partial charge in [0.1, 0.15) is 0 Å². The number of aliphatic hydroxyl groups is 1. The fraction of sp³-hybridized carbons (Fsp3) is 1.00. The molecular weight excluding hydrogens is 224 g/mol. The molecule has 0 saturated heterocycles. The molecule has 1 N–H and O–H groups in total. The van der Waals surface area contributed by atoms with E-state index in [-0.39, 0.29) is 12.1 Å². The van der Waals surface area contributed by atoms with E-state index >= 15 is 0 Å². The largest absolute Gasteiger partial charge is 0.506 e. The second-order valence-electron chi connectivity index (χ2n) is 3.57. The quantitative estimate of drug-likeness (QED) is 0.604. The third-order valence-corrected chi connectivity index (χ3v) is 5.94. The Morgan fingerprint density at radius 3 is 1.62 bits per heavy atom. The third-order valence-electron chi connectivity index (χ3n) is 2.39. The van der Waals surface area contributed by atoms with Crippen LogP contribution in [0.15, 0.2) is 0 Å². The molecule has 5 heteroatoms. The lowest BCUT2D eigenvalue weighted by atomic mass is 10.2. The van der Waals surface area contributed by atoms with Gasteiger partial charge in [-0.3, -0.25) is 0 Å². The van der Waals surface area contributed by atoms with Gasteiger partial charge in [0, 0.05) is 19.8 Å². The molecule has 0 rings (SSSR count). The highest BCUT2D eigenvalue weighted by Crippen LogP contribution is 2.29. The Morgan fingerprint density at radius 1 is 0.938 bits per heavy atom. The van der Waals surface area contributed by atoms with E-state index in [4.69, 9.17) is 13.3 Å². The first kappa shape index (κ1) is 16.1. The molecule has 16 heavy (non-hydrogen) atoms. The van der Waals surface area contributed by atoms with E-state index in [2.05, 4.69) is 6.92 Å². The van der Waals surface area contributed by atoms with Crippen molar-refractivity contribution in [2.45, 2.75) is 46.1 Å². The molecular formula is C11H26O4Si. The van der Waals surface area contributed by atoms with Gasteiger partial charge in [0.15, 0.2) is 0 Å². The van der Waals surface area contributed by atoms with Crippen molar-refractivity contribution in [3.05, 3.63) is 0 Å². The van der Waals surface area contributed by atoms with E-state index in [1.165, 1.54) is 0 Å². The molecule has 0 bridgehead atoms. The standard InChI is InChI=1S/C11H26O4Si/c1-5-9-11(10-12)16(13-6-2,14-7-3)15-8-4/h11-12H,5-10H2,1-4H3. The van der Waals surface area contributed by atoms with E-state index < -0.39 is 8.80 Å². The van der Waals surface area contributed by atoms with Crippen LogP contribution in [0.2, 0.25) is 5.54 Å². The van der Waals surface area contributed by atoms with Gasteiger partial charge < -0.3 is 18.4 Å². The zero-order valence-electron chi connectivity index (χ0n) is 11.0. The summed E-state index contributed by atoms with van der Waals surface area (Å²) in [5, 5.41) is 9.47. The maximum atomic E-state index is 9.47. The van der Waals surface area contributed by atoms with Crippen molar-refractivity contribution in [3.8, 4) is 0 Å². The summed E-state index contributed by atoms with van der Waals surface area (Å²) >= 11 is 0. The fourth-order valence-corrected chi connectivity index (χ4v) is 4.84. The monoisotopic (exact) mass is 250 g/mol. The molecule has 0 heterocycles. The van der Waals surface area contributed by atoms with Crippen molar-refractivity contribution >= 4 is 8.80 Å². The predicted molar refractivity (Wildman–Crippen MR) is 66.4 cm³/mol. The van der Waals surface area contributed by atoms with Gasteiger partial charge in [-0.1, -0.05) is 13.3 Å². The third kappa shape index (κ3) is 4.51. The van der Waals surface area contributed by atoms with Gasteiger partial charge in [-0.05, 0) is 27.2 Å². The minimum atomic E-state index is -2.70. The molecule has 0 radical (unpaired) electrons. The van der Waals surface area contributed by atoms with Crippen LogP contribution in [0.3, 0.4) is 0 Å². The molecule has 0 aliphatic rings. The molecule has 0 saturated carbocycles. The molecule has 0 fully saturated rings. The van der Waals surface area contributed by atoms with Crippen molar-refractivity contribution < 1.29 is 18.4 Å². The number of aliphatic hydroxyl groups excluding tert-OH is 1. The lowest BCUT2D eigenvalue weighted by Gasteiger charge is -2.34. The van der Waals surface area contributed by atoms with Crippen LogP contribution in [-0.2, 0) is 13.3 Å². The molecule has 0 aromatic rings. The summed E-state index contributed by atoms with van der Waals surface area (Å²) in [4.78, 5) is 0. The summed E-state index contributed by atoms with van der Waals surface area (Å²) < 4.78 is 17.3. The Labute approximate surface area is 100 Å². The zero-order chi connectivity index (χ0) is 12.4. The maximum absolute atomic E-state index is 9.47. The Bertz CT molecular complexity index is 149. The predicted octanol–water partition coefficient (Wildman–Crippen LogP) is 2.20. The summed E-state index contributed by atoms with van der Waals surface area (Å²) in [6, 6.07) is 0. The van der Waals surface area contributed by atoms with Crippen molar-refractivity contribution in [2.24, 2.45) is 0 Å². The van der Waals surface area contributed by atoms with E-state index in [9.17, 15) is 5.11 Å². The summed E-state index contributed by atoms with van der Waals surface area (Å²) in [5.41, 5.74) is -0.00245. The molecule has 0 aliphatic carbocycles. The molecule has 0 spiro atoms. The van der Waals surface area contributed by atoms with Crippen LogP contribution in [0, 0.1) is 0 Å². The molecule has 1 unspecified atom stereocenters. The van der Waals surface area contributed by atoms with Crippen LogP contribution in [0.25, 0.3) is 0 Å². The van der Waals surface area contributed by atoms with Crippen molar-refractivity contribution in [1.82, 2.24) is 0 Å². The molecule has 0 amide bonds. The normalized spacial score (nSPS) is 14.1. The highest BCUT2D eigenvalue weighted by molar-refractivity contribution is 6.62. The SMILES string of the molecule is CCCC(CO)[Si](OCC)(OCC)OCC. The topological polar surface area (TPSA) is 47.9 Å².